The number of benzene rings is 10. The highest BCUT2D eigenvalue weighted by molar-refractivity contribution is 6.24. The van der Waals surface area contributed by atoms with Crippen molar-refractivity contribution in [1.82, 2.24) is 0 Å². The van der Waals surface area contributed by atoms with Crippen LogP contribution in [0.4, 0.5) is 0 Å². The van der Waals surface area contributed by atoms with Gasteiger partial charge in [-0.1, -0.05) is 164 Å². The van der Waals surface area contributed by atoms with Crippen LogP contribution in [0.3, 0.4) is 0 Å². The Morgan fingerprint density at radius 2 is 0.774 bits per heavy atom. The van der Waals surface area contributed by atoms with Crippen molar-refractivity contribution in [3.63, 3.8) is 0 Å². The summed E-state index contributed by atoms with van der Waals surface area (Å²) in [6.07, 6.45) is 0. The lowest BCUT2D eigenvalue weighted by Gasteiger charge is -2.20. The van der Waals surface area contributed by atoms with Crippen LogP contribution in [-0.2, 0) is 0 Å². The summed E-state index contributed by atoms with van der Waals surface area (Å²) >= 11 is 0. The maximum absolute atomic E-state index is 6.18. The molecule has 0 atom stereocenters. The van der Waals surface area contributed by atoms with Gasteiger partial charge >= 0.3 is 0 Å². The van der Waals surface area contributed by atoms with Gasteiger partial charge in [-0.2, -0.15) is 0 Å². The Kier molecular flexibility index (Phi) is 6.62. The first-order valence-electron chi connectivity index (χ1n) is 18.3. The SMILES string of the molecule is c1cc(-c2ccc3ccccc3c2)cc(-c2c3ccccc3c(-c3ccc(-c4ccc5oc6ccccc6c5c4)c4ccccc34)c3ccccc23)c1. The van der Waals surface area contributed by atoms with E-state index in [4.69, 9.17) is 4.42 Å². The van der Waals surface area contributed by atoms with Crippen LogP contribution in [0.2, 0.25) is 0 Å². The Morgan fingerprint density at radius 1 is 0.245 bits per heavy atom. The van der Waals surface area contributed by atoms with Crippen molar-refractivity contribution in [3.05, 3.63) is 194 Å². The monoisotopic (exact) mass is 672 g/mol. The summed E-state index contributed by atoms with van der Waals surface area (Å²) in [5.41, 5.74) is 11.7. The molecular formula is C52H32O. The van der Waals surface area contributed by atoms with Crippen molar-refractivity contribution in [1.29, 1.82) is 0 Å². The molecular weight excluding hydrogens is 641 g/mol. The molecule has 0 fully saturated rings. The summed E-state index contributed by atoms with van der Waals surface area (Å²) in [5.74, 6) is 0. The predicted molar refractivity (Wildman–Crippen MR) is 225 cm³/mol. The number of hydrogen-bond acceptors (Lipinski definition) is 1. The molecule has 0 radical (unpaired) electrons. The molecule has 0 unspecified atom stereocenters. The summed E-state index contributed by atoms with van der Waals surface area (Å²) in [6, 6.07) is 70.7. The zero-order chi connectivity index (χ0) is 34.9. The van der Waals surface area contributed by atoms with Crippen LogP contribution in [0.1, 0.15) is 0 Å². The molecule has 1 heterocycles. The molecule has 11 rings (SSSR count). The second kappa shape index (κ2) is 11.8. The molecule has 0 bridgehead atoms. The van der Waals surface area contributed by atoms with Crippen molar-refractivity contribution >= 4 is 65.0 Å². The van der Waals surface area contributed by atoms with Gasteiger partial charge in [-0.25, -0.2) is 0 Å². The van der Waals surface area contributed by atoms with Gasteiger partial charge in [0.2, 0.25) is 0 Å². The molecule has 0 N–H and O–H groups in total. The molecule has 1 aromatic heterocycles. The van der Waals surface area contributed by atoms with Gasteiger partial charge in [0.1, 0.15) is 11.2 Å². The molecule has 1 nitrogen and oxygen atoms in total. The van der Waals surface area contributed by atoms with E-state index in [0.29, 0.717) is 0 Å². The fraction of sp³-hybridized carbons (Fsp3) is 0. The van der Waals surface area contributed by atoms with Crippen LogP contribution in [-0.4, -0.2) is 0 Å². The van der Waals surface area contributed by atoms with Gasteiger partial charge in [0, 0.05) is 10.8 Å². The lowest BCUT2D eigenvalue weighted by Crippen LogP contribution is -1.92. The molecule has 0 saturated carbocycles. The molecule has 0 spiro atoms. The van der Waals surface area contributed by atoms with E-state index in [0.717, 1.165) is 21.9 Å². The van der Waals surface area contributed by atoms with Crippen LogP contribution in [0.25, 0.3) is 110 Å². The first kappa shape index (κ1) is 29.7. The first-order chi connectivity index (χ1) is 26.3. The number of furan rings is 1. The van der Waals surface area contributed by atoms with E-state index in [1.54, 1.807) is 0 Å². The topological polar surface area (TPSA) is 13.1 Å². The molecule has 1 heteroatoms. The van der Waals surface area contributed by atoms with Gasteiger partial charge in [0.25, 0.3) is 0 Å². The summed E-state index contributed by atoms with van der Waals surface area (Å²) in [5, 5.41) is 12.3. The van der Waals surface area contributed by atoms with E-state index in [9.17, 15) is 0 Å². The van der Waals surface area contributed by atoms with Gasteiger partial charge in [0.15, 0.2) is 0 Å². The first-order valence-corrected chi connectivity index (χ1v) is 18.3. The van der Waals surface area contributed by atoms with Gasteiger partial charge in [-0.3, -0.25) is 0 Å². The lowest BCUT2D eigenvalue weighted by atomic mass is 9.83. The number of para-hydroxylation sites is 1. The van der Waals surface area contributed by atoms with E-state index in [1.165, 1.54) is 87.6 Å². The maximum atomic E-state index is 6.18. The zero-order valence-corrected chi connectivity index (χ0v) is 28.9. The molecule has 0 aliphatic carbocycles. The number of rotatable bonds is 4. The zero-order valence-electron chi connectivity index (χ0n) is 28.9. The summed E-state index contributed by atoms with van der Waals surface area (Å²) < 4.78 is 6.18. The summed E-state index contributed by atoms with van der Waals surface area (Å²) in [6.45, 7) is 0. The van der Waals surface area contributed by atoms with Gasteiger partial charge < -0.3 is 4.42 Å². The smallest absolute Gasteiger partial charge is 0.135 e. The third-order valence-electron chi connectivity index (χ3n) is 11.0. The quantitative estimate of drug-likeness (QED) is 0.170. The van der Waals surface area contributed by atoms with Crippen LogP contribution in [0, 0.1) is 0 Å². The van der Waals surface area contributed by atoms with Crippen molar-refractivity contribution in [2.75, 3.05) is 0 Å². The van der Waals surface area contributed by atoms with Crippen LogP contribution < -0.4 is 0 Å². The Labute approximate surface area is 307 Å². The summed E-state index contributed by atoms with van der Waals surface area (Å²) in [4.78, 5) is 0. The fourth-order valence-corrected chi connectivity index (χ4v) is 8.62. The molecule has 11 aromatic rings. The molecule has 246 valence electrons. The van der Waals surface area contributed by atoms with E-state index in [2.05, 4.69) is 182 Å². The Morgan fingerprint density at radius 3 is 1.53 bits per heavy atom. The highest BCUT2D eigenvalue weighted by Crippen LogP contribution is 2.47. The molecule has 0 aliphatic rings. The van der Waals surface area contributed by atoms with Gasteiger partial charge in [-0.15, -0.1) is 0 Å². The molecule has 0 amide bonds. The molecule has 10 aromatic carbocycles. The maximum Gasteiger partial charge on any atom is 0.135 e. The number of hydrogen-bond donors (Lipinski definition) is 0. The molecule has 0 saturated heterocycles. The standard InChI is InChI=1S/C52H32O/c1-2-13-34-30-36(25-24-33(34)12-1)35-14-11-15-38(31-35)51-43-19-5-7-21-45(43)52(46-22-8-6-20-44(46)51)47-28-27-39(40-16-3-4-17-41(40)47)37-26-29-50-48(32-37)42-18-9-10-23-49(42)53-50/h1-32H. The Balaban J connectivity index is 1.13. The van der Waals surface area contributed by atoms with Crippen LogP contribution >= 0.6 is 0 Å². The van der Waals surface area contributed by atoms with Crippen LogP contribution in [0.5, 0.6) is 0 Å². The number of fused-ring (bicyclic) bond motifs is 7. The highest BCUT2D eigenvalue weighted by Gasteiger charge is 2.19. The molecule has 53 heavy (non-hydrogen) atoms. The highest BCUT2D eigenvalue weighted by atomic mass is 16.3. The van der Waals surface area contributed by atoms with Crippen molar-refractivity contribution in [2.24, 2.45) is 0 Å². The largest absolute Gasteiger partial charge is 0.456 e. The third kappa shape index (κ3) is 4.71. The van der Waals surface area contributed by atoms with Crippen LogP contribution in [0.15, 0.2) is 199 Å². The predicted octanol–water partition coefficient (Wildman–Crippen LogP) is 14.9. The van der Waals surface area contributed by atoms with E-state index in [-0.39, 0.29) is 0 Å². The van der Waals surface area contributed by atoms with E-state index < -0.39 is 0 Å². The normalized spacial score (nSPS) is 11.8. The Bertz CT molecular complexity index is 3180. The van der Waals surface area contributed by atoms with Gasteiger partial charge in [-0.05, 0) is 118 Å². The van der Waals surface area contributed by atoms with Crippen molar-refractivity contribution in [2.45, 2.75) is 0 Å². The minimum Gasteiger partial charge on any atom is -0.456 e. The molecule has 0 aliphatic heterocycles. The van der Waals surface area contributed by atoms with Crippen molar-refractivity contribution < 1.29 is 4.42 Å². The summed E-state index contributed by atoms with van der Waals surface area (Å²) in [7, 11) is 0. The van der Waals surface area contributed by atoms with Crippen molar-refractivity contribution in [3.8, 4) is 44.5 Å². The second-order valence-corrected chi connectivity index (χ2v) is 14.0. The third-order valence-corrected chi connectivity index (χ3v) is 11.0. The van der Waals surface area contributed by atoms with Gasteiger partial charge in [0.05, 0.1) is 0 Å². The second-order valence-electron chi connectivity index (χ2n) is 14.0. The Hall–Kier alpha value is -6.96. The van der Waals surface area contributed by atoms with E-state index in [1.807, 2.05) is 12.1 Å². The van der Waals surface area contributed by atoms with E-state index >= 15 is 0 Å². The minimum absolute atomic E-state index is 0.914. The average Bonchev–Trinajstić information content (AvgIpc) is 3.60. The minimum atomic E-state index is 0.914. The average molecular weight is 673 g/mol. The lowest BCUT2D eigenvalue weighted by molar-refractivity contribution is 0.669. The fourth-order valence-electron chi connectivity index (χ4n) is 8.62.